The molecular formula is C15H14ClN3O2. The second kappa shape index (κ2) is 5.27. The average molecular weight is 304 g/mol. The van der Waals surface area contributed by atoms with Crippen LogP contribution in [0.15, 0.2) is 40.9 Å². The molecule has 3 aromatic rings. The third-order valence-corrected chi connectivity index (χ3v) is 3.76. The van der Waals surface area contributed by atoms with Gasteiger partial charge < -0.3 is 8.98 Å². The number of benzene rings is 1. The van der Waals surface area contributed by atoms with Gasteiger partial charge in [-0.3, -0.25) is 10.2 Å². The quantitative estimate of drug-likeness (QED) is 0.444. The van der Waals surface area contributed by atoms with Crippen molar-refractivity contribution >= 4 is 28.4 Å². The molecule has 0 spiro atoms. The van der Waals surface area contributed by atoms with Crippen LogP contribution < -0.4 is 11.3 Å². The molecule has 5 nitrogen and oxygen atoms in total. The molecule has 108 valence electrons. The number of para-hydroxylation sites is 1. The number of aryl methyl sites for hydroxylation is 1. The summed E-state index contributed by atoms with van der Waals surface area (Å²) in [6.07, 6.45) is 1.96. The van der Waals surface area contributed by atoms with E-state index in [-0.39, 0.29) is 5.76 Å². The van der Waals surface area contributed by atoms with Crippen LogP contribution in [-0.4, -0.2) is 10.5 Å². The van der Waals surface area contributed by atoms with Crippen molar-refractivity contribution in [2.75, 3.05) is 0 Å². The number of amides is 1. The molecule has 1 aromatic carbocycles. The smallest absolute Gasteiger partial charge is 0.300 e. The molecule has 2 heterocycles. The monoisotopic (exact) mass is 303 g/mol. The van der Waals surface area contributed by atoms with Gasteiger partial charge in [-0.2, -0.15) is 0 Å². The second-order valence-corrected chi connectivity index (χ2v) is 5.19. The number of carbonyl (C=O) groups is 1. The number of halogens is 1. The van der Waals surface area contributed by atoms with Crippen LogP contribution in [0.25, 0.3) is 10.9 Å². The van der Waals surface area contributed by atoms with E-state index in [1.165, 1.54) is 0 Å². The Morgan fingerprint density at radius 3 is 3.00 bits per heavy atom. The van der Waals surface area contributed by atoms with E-state index in [0.29, 0.717) is 17.3 Å². The van der Waals surface area contributed by atoms with Gasteiger partial charge >= 0.3 is 5.91 Å². The molecule has 21 heavy (non-hydrogen) atoms. The number of nitrogen functional groups attached to an aromatic ring is 1. The molecule has 0 bridgehead atoms. The normalized spacial score (nSPS) is 11.0. The van der Waals surface area contributed by atoms with Crippen molar-refractivity contribution in [1.82, 2.24) is 9.99 Å². The Hall–Kier alpha value is -2.24. The van der Waals surface area contributed by atoms with E-state index in [9.17, 15) is 4.79 Å². The van der Waals surface area contributed by atoms with Crippen LogP contribution >= 0.6 is 11.6 Å². The number of hydrazine groups is 1. The van der Waals surface area contributed by atoms with E-state index in [4.69, 9.17) is 21.9 Å². The Morgan fingerprint density at radius 2 is 2.24 bits per heavy atom. The number of hydrogen-bond donors (Lipinski definition) is 2. The number of furan rings is 1. The largest absolute Gasteiger partial charge is 0.456 e. The van der Waals surface area contributed by atoms with Crippen LogP contribution in [0.5, 0.6) is 0 Å². The van der Waals surface area contributed by atoms with Gasteiger partial charge in [-0.05, 0) is 25.1 Å². The molecule has 1 amide bonds. The summed E-state index contributed by atoms with van der Waals surface area (Å²) in [6.45, 7) is 2.39. The minimum atomic E-state index is -0.445. The van der Waals surface area contributed by atoms with E-state index >= 15 is 0 Å². The third-order valence-electron chi connectivity index (χ3n) is 3.46. The zero-order valence-electron chi connectivity index (χ0n) is 11.4. The van der Waals surface area contributed by atoms with Gasteiger partial charge in [0.05, 0.1) is 17.1 Å². The highest BCUT2D eigenvalue weighted by Gasteiger charge is 2.14. The SMILES string of the molecule is Cc1oc(C(=O)NN)cc1Cn1ccc2cccc(Cl)c21. The molecular weight excluding hydrogens is 290 g/mol. The Balaban J connectivity index is 1.99. The maximum atomic E-state index is 11.5. The molecule has 2 aromatic heterocycles. The lowest BCUT2D eigenvalue weighted by Gasteiger charge is -2.05. The summed E-state index contributed by atoms with van der Waals surface area (Å²) in [5, 5.41) is 1.77. The molecule has 6 heteroatoms. The number of fused-ring (bicyclic) bond motifs is 1. The number of hydrogen-bond acceptors (Lipinski definition) is 3. The lowest BCUT2D eigenvalue weighted by atomic mass is 10.2. The highest BCUT2D eigenvalue weighted by Crippen LogP contribution is 2.26. The summed E-state index contributed by atoms with van der Waals surface area (Å²) in [6, 6.07) is 9.48. The first-order valence-electron chi connectivity index (χ1n) is 6.43. The zero-order chi connectivity index (χ0) is 15.0. The fourth-order valence-electron chi connectivity index (χ4n) is 2.39. The maximum Gasteiger partial charge on any atom is 0.300 e. The van der Waals surface area contributed by atoms with Crippen LogP contribution in [0, 0.1) is 6.92 Å². The highest BCUT2D eigenvalue weighted by molar-refractivity contribution is 6.35. The Morgan fingerprint density at radius 1 is 1.43 bits per heavy atom. The lowest BCUT2D eigenvalue weighted by Crippen LogP contribution is -2.29. The molecule has 3 N–H and O–H groups in total. The number of nitrogens with zero attached hydrogens (tertiary/aromatic N) is 1. The highest BCUT2D eigenvalue weighted by atomic mass is 35.5. The van der Waals surface area contributed by atoms with Crippen LogP contribution in [0.1, 0.15) is 21.9 Å². The molecule has 0 radical (unpaired) electrons. The predicted molar refractivity (Wildman–Crippen MR) is 81.1 cm³/mol. The Kier molecular flexibility index (Phi) is 3.45. The van der Waals surface area contributed by atoms with E-state index < -0.39 is 5.91 Å². The van der Waals surface area contributed by atoms with Crippen molar-refractivity contribution in [2.24, 2.45) is 5.84 Å². The van der Waals surface area contributed by atoms with E-state index in [2.05, 4.69) is 5.43 Å². The Bertz CT molecular complexity index is 820. The molecule has 0 unspecified atom stereocenters. The van der Waals surface area contributed by atoms with Gasteiger partial charge in [0, 0.05) is 17.1 Å². The molecule has 0 fully saturated rings. The number of aromatic nitrogens is 1. The van der Waals surface area contributed by atoms with Crippen LogP contribution in [0.3, 0.4) is 0 Å². The maximum absolute atomic E-state index is 11.5. The molecule has 0 aliphatic rings. The first-order valence-corrected chi connectivity index (χ1v) is 6.81. The van der Waals surface area contributed by atoms with E-state index in [1.807, 2.05) is 42.0 Å². The van der Waals surface area contributed by atoms with Gasteiger partial charge in [0.1, 0.15) is 5.76 Å². The van der Waals surface area contributed by atoms with Gasteiger partial charge in [-0.15, -0.1) is 0 Å². The lowest BCUT2D eigenvalue weighted by molar-refractivity contribution is 0.0924. The molecule has 0 aliphatic carbocycles. The Labute approximate surface area is 126 Å². The summed E-state index contributed by atoms with van der Waals surface area (Å²) >= 11 is 6.26. The van der Waals surface area contributed by atoms with Crippen molar-refractivity contribution < 1.29 is 9.21 Å². The average Bonchev–Trinajstić information content (AvgIpc) is 3.04. The third kappa shape index (κ3) is 2.41. The van der Waals surface area contributed by atoms with E-state index in [0.717, 1.165) is 16.5 Å². The van der Waals surface area contributed by atoms with Gasteiger partial charge in [0.15, 0.2) is 5.76 Å². The summed E-state index contributed by atoms with van der Waals surface area (Å²) in [7, 11) is 0. The second-order valence-electron chi connectivity index (χ2n) is 4.79. The summed E-state index contributed by atoms with van der Waals surface area (Å²) in [4.78, 5) is 11.5. The first kappa shape index (κ1) is 13.7. The molecule has 0 saturated heterocycles. The van der Waals surface area contributed by atoms with Crippen LogP contribution in [0.2, 0.25) is 5.02 Å². The van der Waals surface area contributed by atoms with Crippen LogP contribution in [0.4, 0.5) is 0 Å². The van der Waals surface area contributed by atoms with Gasteiger partial charge in [0.2, 0.25) is 0 Å². The number of nitrogens with one attached hydrogen (secondary N) is 1. The molecule has 3 rings (SSSR count). The van der Waals surface area contributed by atoms with Crippen molar-refractivity contribution in [3.05, 3.63) is 58.6 Å². The van der Waals surface area contributed by atoms with Crippen molar-refractivity contribution in [1.29, 1.82) is 0 Å². The van der Waals surface area contributed by atoms with Crippen LogP contribution in [-0.2, 0) is 6.54 Å². The van der Waals surface area contributed by atoms with Gasteiger partial charge in [0.25, 0.3) is 0 Å². The first-order chi connectivity index (χ1) is 10.1. The molecule has 0 atom stereocenters. The summed E-state index contributed by atoms with van der Waals surface area (Å²) in [5.41, 5.74) is 3.93. The van der Waals surface area contributed by atoms with Gasteiger partial charge in [-0.25, -0.2) is 5.84 Å². The van der Waals surface area contributed by atoms with Gasteiger partial charge in [-0.1, -0.05) is 23.7 Å². The molecule has 0 aliphatic heterocycles. The van der Waals surface area contributed by atoms with Crippen molar-refractivity contribution in [2.45, 2.75) is 13.5 Å². The standard InChI is InChI=1S/C15H14ClN3O2/c1-9-11(7-13(21-9)15(20)18-17)8-19-6-5-10-3-2-4-12(16)14(10)19/h2-7H,8,17H2,1H3,(H,18,20). The van der Waals surface area contributed by atoms with Crippen molar-refractivity contribution in [3.63, 3.8) is 0 Å². The summed E-state index contributed by atoms with van der Waals surface area (Å²) < 4.78 is 7.45. The minimum Gasteiger partial charge on any atom is -0.456 e. The predicted octanol–water partition coefficient (Wildman–Crippen LogP) is 2.85. The number of carbonyl (C=O) groups excluding carboxylic acids is 1. The zero-order valence-corrected chi connectivity index (χ0v) is 12.1. The number of nitrogens with two attached hydrogens (primary N) is 1. The summed E-state index contributed by atoms with van der Waals surface area (Å²) in [5.74, 6) is 5.55. The molecule has 0 saturated carbocycles. The fourth-order valence-corrected chi connectivity index (χ4v) is 2.68. The van der Waals surface area contributed by atoms with Crippen molar-refractivity contribution in [3.8, 4) is 0 Å². The van der Waals surface area contributed by atoms with E-state index in [1.54, 1.807) is 6.07 Å². The minimum absolute atomic E-state index is 0.201. The fraction of sp³-hybridized carbons (Fsp3) is 0.133. The topological polar surface area (TPSA) is 73.2 Å². The number of rotatable bonds is 3.